The molecule has 0 bridgehead atoms. The van der Waals surface area contributed by atoms with E-state index in [-0.39, 0.29) is 180 Å². The van der Waals surface area contributed by atoms with Gasteiger partial charge in [-0.1, -0.05) is 13.8 Å². The van der Waals surface area contributed by atoms with E-state index in [1.807, 2.05) is 4.90 Å². The Kier molecular flexibility index (Phi) is 20.7. The van der Waals surface area contributed by atoms with Crippen LogP contribution in [0.5, 0.6) is 0 Å². The average Bonchev–Trinajstić information content (AvgIpc) is 0.892. The zero-order chi connectivity index (χ0) is 90.3. The Morgan fingerprint density at radius 2 is 0.771 bits per heavy atom. The molecule has 8 aliphatic heterocycles. The first-order valence-electron chi connectivity index (χ1n) is 43.3. The molecule has 41 heteroatoms. The second kappa shape index (κ2) is 35.2. The third-order valence-electron chi connectivity index (χ3n) is 22.4. The highest BCUT2D eigenvalue weighted by Crippen LogP contribution is 2.38. The molecule has 118 heavy (non-hydrogen) atoms. The molecule has 9 aromatic rings. The lowest BCUT2D eigenvalue weighted by Crippen LogP contribution is -2.58. The molecule has 626 valence electrons. The summed E-state index contributed by atoms with van der Waals surface area (Å²) < 4.78 is 185. The van der Waals surface area contributed by atoms with E-state index >= 15 is 13.2 Å². The van der Waals surface area contributed by atoms with Crippen LogP contribution in [0.25, 0.3) is 16.9 Å². The first kappa shape index (κ1) is 69.4. The van der Waals surface area contributed by atoms with Gasteiger partial charge in [0.2, 0.25) is 17.7 Å². The minimum Gasteiger partial charge on any atom is -0.381 e. The average molecular weight is 1650 g/mol. The molecule has 9 aliphatic rings. The molecule has 9 fully saturated rings. The molecule has 0 spiro atoms. The molecule has 9 N–H and O–H groups in total. The number of hydrogen-bond acceptors (Lipinski definition) is 26. The van der Waals surface area contributed by atoms with E-state index in [1.165, 1.54) is 42.8 Å². The minimum absolute atomic E-state index is 0. The van der Waals surface area contributed by atoms with Gasteiger partial charge in [-0.2, -0.15) is 0 Å². The lowest BCUT2D eigenvalue weighted by atomic mass is 9.90. The Balaban J connectivity index is 0.000000148. The summed E-state index contributed by atoms with van der Waals surface area (Å²) in [6, 6.07) is 0.155. The van der Waals surface area contributed by atoms with Gasteiger partial charge >= 0.3 is 0 Å². The normalized spacial score (nSPS) is 22.4. The Morgan fingerprint density at radius 1 is 0.415 bits per heavy atom. The van der Waals surface area contributed by atoms with E-state index < -0.39 is 109 Å². The van der Waals surface area contributed by atoms with Crippen molar-refractivity contribution in [3.63, 3.8) is 0 Å². The van der Waals surface area contributed by atoms with Gasteiger partial charge in [0.1, 0.15) is 33.8 Å². The van der Waals surface area contributed by atoms with Gasteiger partial charge in [-0.25, -0.2) is 54.8 Å². The van der Waals surface area contributed by atoms with Crippen molar-refractivity contribution in [2.45, 2.75) is 83.3 Å². The lowest BCUT2D eigenvalue weighted by Gasteiger charge is -2.44. The predicted octanol–water partition coefficient (Wildman–Crippen LogP) is 4.78. The topological polar surface area (TPSA) is 393 Å². The summed E-state index contributed by atoms with van der Waals surface area (Å²) in [6.07, 6.45) is 16.0. The molecule has 17 heterocycles. The third kappa shape index (κ3) is 17.1. The molecule has 0 radical (unpaired) electrons. The van der Waals surface area contributed by atoms with Crippen molar-refractivity contribution in [1.29, 1.82) is 0 Å². The van der Waals surface area contributed by atoms with Crippen molar-refractivity contribution >= 4 is 104 Å². The number of nitrogens with two attached hydrogens (primary N) is 3. The van der Waals surface area contributed by atoms with Crippen LogP contribution in [-0.2, 0) is 23.9 Å². The highest BCUT2D eigenvalue weighted by molar-refractivity contribution is 6.14. The Bertz CT molecular complexity index is 5710. The number of hydrogen-bond donors (Lipinski definition) is 6. The number of pyridine rings is 3. The fourth-order valence-electron chi connectivity index (χ4n) is 15.8. The summed E-state index contributed by atoms with van der Waals surface area (Å²) in [7, 11) is 0. The minimum atomic E-state index is -3.29. The molecular formula is C77H93F6N27O8. The maximum absolute atomic E-state index is 15.2. The van der Waals surface area contributed by atoms with Crippen LogP contribution in [-0.4, -0.2) is 286 Å². The quantitative estimate of drug-likeness (QED) is 0.0594. The number of nitrogens with zero attached hydrogens (tertiary/aromatic N) is 21. The van der Waals surface area contributed by atoms with Crippen molar-refractivity contribution in [2.24, 2.45) is 17.7 Å². The monoisotopic (exact) mass is 1650 g/mol. The summed E-state index contributed by atoms with van der Waals surface area (Å²) in [6.45, 7) is -4.31. The van der Waals surface area contributed by atoms with Crippen LogP contribution in [0.4, 0.5) is 77.9 Å². The second-order valence-corrected chi connectivity index (χ2v) is 29.5. The van der Waals surface area contributed by atoms with E-state index in [0.717, 1.165) is 103 Å². The third-order valence-corrected chi connectivity index (χ3v) is 22.4. The first-order valence-corrected chi connectivity index (χ1v) is 38.3. The largest absolute Gasteiger partial charge is 0.381 e. The molecule has 1 aliphatic carbocycles. The number of rotatable bonds is 15. The summed E-state index contributed by atoms with van der Waals surface area (Å²) in [5.74, 6) is -11.0. The number of carbonyl (C=O) groups is 6. The second-order valence-electron chi connectivity index (χ2n) is 29.5. The van der Waals surface area contributed by atoms with Crippen LogP contribution in [0.3, 0.4) is 0 Å². The number of nitrogen functional groups attached to an aromatic ring is 3. The van der Waals surface area contributed by atoms with Crippen LogP contribution in [0, 0.1) is 52.6 Å². The Morgan fingerprint density at radius 3 is 1.15 bits per heavy atom. The molecule has 35 nitrogen and oxygen atoms in total. The van der Waals surface area contributed by atoms with Crippen LogP contribution >= 0.6 is 0 Å². The van der Waals surface area contributed by atoms with Gasteiger partial charge in [0.25, 0.3) is 17.7 Å². The van der Waals surface area contributed by atoms with Crippen molar-refractivity contribution < 1.29 is 78.3 Å². The van der Waals surface area contributed by atoms with Gasteiger partial charge < -0.3 is 72.0 Å². The molecule has 0 aromatic carbocycles. The van der Waals surface area contributed by atoms with E-state index in [2.05, 4.69) is 71.0 Å². The standard InChI is InChI=1S/C26H31F2N9O2.2C25H29F2N9O3.CH4/c27-17-12-31-24-21(23(29)33-37(24)15-17)25(38)32-20-14-30-13-19(28)22(20)35-6-4-16(5-7-35)26(39)36-10-8-34(9-11-36)18-2-1-3-18;2*26-16-9-30-23-20(22(28)32-36(23)12-16)24(37)31-19-11-29-10-18(27)21(19)34-3-1-15(2-4-34)25(38)35-7-5-33(6-8-35)17-13-39-14-17;/h12-16,18H,1-11H2,(H2,29,33)(H,32,38);2*9-12,15,17H,1-8,13-14H2,(H2,28,32)(H,31,37);1H4/i16D,21+1;5D2,6D2,7D2,8D2,20+1,24+1;9D,22+1;. The molecule has 8 saturated heterocycles. The fourth-order valence-corrected chi connectivity index (χ4v) is 15.8. The molecule has 9 aromatic heterocycles. The predicted molar refractivity (Wildman–Crippen MR) is 421 cm³/mol. The van der Waals surface area contributed by atoms with E-state index in [1.54, 1.807) is 14.7 Å². The number of amides is 6. The lowest BCUT2D eigenvalue weighted by molar-refractivity contribution is -0.141. The number of aromatic nitrogens is 12. The molecule has 1 saturated carbocycles. The number of halogens is 6. The van der Waals surface area contributed by atoms with Crippen LogP contribution in [0.15, 0.2) is 74.3 Å². The van der Waals surface area contributed by atoms with Crippen molar-refractivity contribution in [2.75, 3.05) is 192 Å². The van der Waals surface area contributed by atoms with Gasteiger partial charge in [-0.15, -0.1) is 15.3 Å². The smallest absolute Gasteiger partial charge is 0.263 e. The molecule has 0 atom stereocenters. The highest BCUT2D eigenvalue weighted by Gasteiger charge is 2.40. The number of nitrogens with one attached hydrogen (secondary N) is 3. The zero-order valence-corrected chi connectivity index (χ0v) is 63.0. The van der Waals surface area contributed by atoms with E-state index in [4.69, 9.17) is 40.4 Å². The highest BCUT2D eigenvalue weighted by atomic mass is 19.1. The Labute approximate surface area is 687 Å². The number of carbonyl (C=O) groups excluding carboxylic acids is 6. The van der Waals surface area contributed by atoms with Crippen LogP contribution in [0.1, 0.15) is 110 Å². The van der Waals surface area contributed by atoms with Gasteiger partial charge in [0.05, 0.1) is 137 Å². The fraction of sp³-hybridized carbons (Fsp3) is 0.494. The van der Waals surface area contributed by atoms with E-state index in [0.29, 0.717) is 69.1 Å². The van der Waals surface area contributed by atoms with Crippen LogP contribution < -0.4 is 47.9 Å². The summed E-state index contributed by atoms with van der Waals surface area (Å²) in [5, 5.41) is 19.5. The first-order chi connectivity index (χ1) is 60.4. The molecular weight excluding hydrogens is 1550 g/mol. The molecule has 18 rings (SSSR count). The SMILES string of the molecule is C.[2H]C1(C(=O)N2CCN(C3CCC3)CC2)CCN(c2c(F)cncc2NC(=O)[13c]2c(N)nn3cc(F)cnc23)CC1.[2H]C1([2H])N(C(=O)C2CCN(c3c(F)cncc3N[13C](=O)[13c]3c(N)nn4cc(F)cnc34)CC2)C([2H])([2H])C([2H])([2H])N(C2COC2)C1([2H])[2H].[2H]c1nc2c(C(=O)Nc3cncc(F)c3N3CCC(C(=O)N4CCN(C5COC5)CC4)CC3)[13c](N)nn2cc1F. The van der Waals surface area contributed by atoms with Crippen molar-refractivity contribution in [3.05, 3.63) is 126 Å². The number of ether oxygens (including phenoxy) is 2. The molecule has 0 unspecified atom stereocenters. The Hall–Kier alpha value is -11.7. The number of piperidine rings is 3. The number of anilines is 9. The van der Waals surface area contributed by atoms with Gasteiger partial charge in [0, 0.05) is 148 Å². The summed E-state index contributed by atoms with van der Waals surface area (Å²) in [4.78, 5) is 117. The van der Waals surface area contributed by atoms with Gasteiger partial charge in [0.15, 0.2) is 69.3 Å². The van der Waals surface area contributed by atoms with Crippen molar-refractivity contribution in [1.82, 2.24) is 88.1 Å². The molecule has 6 amide bonds. The zero-order valence-electron chi connectivity index (χ0n) is 73.0. The van der Waals surface area contributed by atoms with Crippen molar-refractivity contribution in [3.8, 4) is 0 Å². The van der Waals surface area contributed by atoms with Gasteiger partial charge in [-0.3, -0.25) is 58.4 Å². The van der Waals surface area contributed by atoms with E-state index in [9.17, 15) is 41.9 Å². The summed E-state index contributed by atoms with van der Waals surface area (Å²) >= 11 is 0. The van der Waals surface area contributed by atoms with Crippen LogP contribution in [0.2, 0.25) is 0 Å². The summed E-state index contributed by atoms with van der Waals surface area (Å²) in [5.41, 5.74) is 17.4. The maximum Gasteiger partial charge on any atom is 0.263 e. The maximum atomic E-state index is 15.2. The van der Waals surface area contributed by atoms with Gasteiger partial charge in [-0.05, 0) is 51.4 Å². The number of fused-ring (bicyclic) bond motifs is 3. The number of piperazine rings is 3.